The van der Waals surface area contributed by atoms with E-state index in [9.17, 15) is 5.11 Å². The molecule has 0 amide bonds. The van der Waals surface area contributed by atoms with E-state index >= 15 is 0 Å². The van der Waals surface area contributed by atoms with Crippen LogP contribution in [0.3, 0.4) is 0 Å². The number of allylic oxidation sites excluding steroid dienone is 1. The van der Waals surface area contributed by atoms with Crippen LogP contribution in [0.15, 0.2) is 36.4 Å². The van der Waals surface area contributed by atoms with Crippen molar-refractivity contribution in [3.05, 3.63) is 47.5 Å². The first-order valence-corrected chi connectivity index (χ1v) is 5.96. The molecule has 0 aliphatic heterocycles. The summed E-state index contributed by atoms with van der Waals surface area (Å²) in [5.74, 6) is 0. The Morgan fingerprint density at radius 3 is 2.62 bits per heavy atom. The quantitative estimate of drug-likeness (QED) is 0.723. The molecule has 88 valence electrons. The van der Waals surface area contributed by atoms with Gasteiger partial charge in [-0.15, -0.1) is 6.58 Å². The Bertz CT molecular complexity index is 341. The number of aryl methyl sites for hydroxylation is 2. The van der Waals surface area contributed by atoms with Gasteiger partial charge in [-0.05, 0) is 50.7 Å². The Morgan fingerprint density at radius 1 is 1.31 bits per heavy atom. The fraction of sp³-hybridized carbons (Fsp3) is 0.467. The van der Waals surface area contributed by atoms with Crippen molar-refractivity contribution in [3.63, 3.8) is 0 Å². The minimum atomic E-state index is -0.198. The lowest BCUT2D eigenvalue weighted by atomic mass is 9.99. The van der Waals surface area contributed by atoms with Gasteiger partial charge in [0, 0.05) is 0 Å². The maximum Gasteiger partial charge on any atom is 0.0546 e. The number of benzene rings is 1. The van der Waals surface area contributed by atoms with Crippen molar-refractivity contribution < 1.29 is 5.11 Å². The molecule has 1 atom stereocenters. The van der Waals surface area contributed by atoms with E-state index in [1.807, 2.05) is 6.92 Å². The molecule has 1 heteroatoms. The average molecular weight is 218 g/mol. The summed E-state index contributed by atoms with van der Waals surface area (Å²) in [4.78, 5) is 0. The molecule has 0 bridgehead atoms. The van der Waals surface area contributed by atoms with Crippen molar-refractivity contribution in [1.29, 1.82) is 0 Å². The Hall–Kier alpha value is -1.08. The summed E-state index contributed by atoms with van der Waals surface area (Å²) in [6.07, 6.45) is 3.37. The molecule has 16 heavy (non-hydrogen) atoms. The summed E-state index contributed by atoms with van der Waals surface area (Å²) < 4.78 is 0. The van der Waals surface area contributed by atoms with E-state index in [1.165, 1.54) is 11.1 Å². The first-order valence-electron chi connectivity index (χ1n) is 5.96. The molecule has 1 unspecified atom stereocenters. The Kier molecular flexibility index (Phi) is 5.27. The molecular formula is C15H22O. The van der Waals surface area contributed by atoms with Crippen LogP contribution in [0, 0.1) is 6.92 Å². The highest BCUT2D eigenvalue weighted by Crippen LogP contribution is 2.13. The molecule has 0 spiro atoms. The molecular weight excluding hydrogens is 196 g/mol. The van der Waals surface area contributed by atoms with Crippen molar-refractivity contribution in [2.45, 2.75) is 45.6 Å². The third-order valence-corrected chi connectivity index (χ3v) is 2.91. The largest absolute Gasteiger partial charge is 0.393 e. The third kappa shape index (κ3) is 4.63. The lowest BCUT2D eigenvalue weighted by molar-refractivity contribution is 0.155. The zero-order valence-electron chi connectivity index (χ0n) is 10.4. The molecule has 0 aromatic heterocycles. The Balaban J connectivity index is 2.34. The van der Waals surface area contributed by atoms with Gasteiger partial charge in [0.2, 0.25) is 0 Å². The molecule has 1 nitrogen and oxygen atoms in total. The van der Waals surface area contributed by atoms with Crippen LogP contribution in [0.25, 0.3) is 0 Å². The minimum Gasteiger partial charge on any atom is -0.393 e. The highest BCUT2D eigenvalue weighted by molar-refractivity contribution is 5.25. The highest BCUT2D eigenvalue weighted by atomic mass is 16.3. The zero-order chi connectivity index (χ0) is 12.0. The fourth-order valence-corrected chi connectivity index (χ4v) is 1.77. The van der Waals surface area contributed by atoms with E-state index in [2.05, 4.69) is 37.8 Å². The van der Waals surface area contributed by atoms with Gasteiger partial charge in [0.1, 0.15) is 0 Å². The predicted molar refractivity (Wildman–Crippen MR) is 69.6 cm³/mol. The molecule has 0 aliphatic rings. The normalized spacial score (nSPS) is 12.4. The summed E-state index contributed by atoms with van der Waals surface area (Å²) in [6, 6.07) is 8.37. The van der Waals surface area contributed by atoms with Gasteiger partial charge >= 0.3 is 0 Å². The maximum atomic E-state index is 9.81. The van der Waals surface area contributed by atoms with E-state index in [-0.39, 0.29) is 6.10 Å². The van der Waals surface area contributed by atoms with Crippen LogP contribution < -0.4 is 0 Å². The Labute approximate surface area is 98.8 Å². The van der Waals surface area contributed by atoms with Crippen LogP contribution in [0.1, 0.15) is 37.3 Å². The van der Waals surface area contributed by atoms with Gasteiger partial charge in [-0.2, -0.15) is 0 Å². The number of hydrogen-bond donors (Lipinski definition) is 1. The number of aliphatic hydroxyl groups excluding tert-OH is 1. The van der Waals surface area contributed by atoms with Crippen LogP contribution in [-0.4, -0.2) is 11.2 Å². The molecule has 0 radical (unpaired) electrons. The van der Waals surface area contributed by atoms with Gasteiger partial charge < -0.3 is 5.11 Å². The lowest BCUT2D eigenvalue weighted by Crippen LogP contribution is -2.08. The lowest BCUT2D eigenvalue weighted by Gasteiger charge is -2.11. The molecule has 0 saturated heterocycles. The molecule has 0 saturated carbocycles. The second-order valence-electron chi connectivity index (χ2n) is 4.61. The van der Waals surface area contributed by atoms with Crippen molar-refractivity contribution >= 4 is 0 Å². The molecule has 0 fully saturated rings. The van der Waals surface area contributed by atoms with Gasteiger partial charge in [0.15, 0.2) is 0 Å². The standard InChI is InChI=1S/C15H22O/c1-12(2)8-10-15(16)11-9-14-7-5-4-6-13(14)3/h4-7,15-16H,1,8-11H2,2-3H3. The maximum absolute atomic E-state index is 9.81. The molecule has 1 N–H and O–H groups in total. The minimum absolute atomic E-state index is 0.198. The average Bonchev–Trinajstić information content (AvgIpc) is 2.25. The first-order chi connectivity index (χ1) is 7.59. The van der Waals surface area contributed by atoms with Gasteiger partial charge in [0.25, 0.3) is 0 Å². The van der Waals surface area contributed by atoms with Crippen molar-refractivity contribution in [1.82, 2.24) is 0 Å². The molecule has 0 heterocycles. The molecule has 1 aromatic carbocycles. The number of rotatable bonds is 6. The van der Waals surface area contributed by atoms with Gasteiger partial charge in [0.05, 0.1) is 6.10 Å². The fourth-order valence-electron chi connectivity index (χ4n) is 1.77. The second-order valence-corrected chi connectivity index (χ2v) is 4.61. The zero-order valence-corrected chi connectivity index (χ0v) is 10.4. The second kappa shape index (κ2) is 6.49. The van der Waals surface area contributed by atoms with Gasteiger partial charge in [-0.25, -0.2) is 0 Å². The first kappa shape index (κ1) is 13.0. The topological polar surface area (TPSA) is 20.2 Å². The summed E-state index contributed by atoms with van der Waals surface area (Å²) in [5.41, 5.74) is 3.81. The van der Waals surface area contributed by atoms with E-state index in [1.54, 1.807) is 0 Å². The van der Waals surface area contributed by atoms with E-state index < -0.39 is 0 Å². The van der Waals surface area contributed by atoms with Crippen LogP contribution in [-0.2, 0) is 6.42 Å². The summed E-state index contributed by atoms with van der Waals surface area (Å²) in [7, 11) is 0. The van der Waals surface area contributed by atoms with Crippen LogP contribution in [0.5, 0.6) is 0 Å². The van der Waals surface area contributed by atoms with Crippen LogP contribution >= 0.6 is 0 Å². The predicted octanol–water partition coefficient (Wildman–Crippen LogP) is 3.64. The van der Waals surface area contributed by atoms with Gasteiger partial charge in [-0.1, -0.05) is 29.8 Å². The van der Waals surface area contributed by atoms with Crippen molar-refractivity contribution in [3.8, 4) is 0 Å². The number of aliphatic hydroxyl groups is 1. The molecule has 1 rings (SSSR count). The molecule has 1 aromatic rings. The number of hydrogen-bond acceptors (Lipinski definition) is 1. The molecule has 0 aliphatic carbocycles. The highest BCUT2D eigenvalue weighted by Gasteiger charge is 2.05. The van der Waals surface area contributed by atoms with Crippen LogP contribution in [0.4, 0.5) is 0 Å². The smallest absolute Gasteiger partial charge is 0.0546 e. The van der Waals surface area contributed by atoms with Crippen molar-refractivity contribution in [2.24, 2.45) is 0 Å². The van der Waals surface area contributed by atoms with Crippen LogP contribution in [0.2, 0.25) is 0 Å². The van der Waals surface area contributed by atoms with E-state index in [0.29, 0.717) is 0 Å². The monoisotopic (exact) mass is 218 g/mol. The summed E-state index contributed by atoms with van der Waals surface area (Å²) in [6.45, 7) is 7.98. The third-order valence-electron chi connectivity index (χ3n) is 2.91. The SMILES string of the molecule is C=C(C)CCC(O)CCc1ccccc1C. The Morgan fingerprint density at radius 2 is 2.00 bits per heavy atom. The summed E-state index contributed by atoms with van der Waals surface area (Å²) in [5, 5.41) is 9.81. The summed E-state index contributed by atoms with van der Waals surface area (Å²) >= 11 is 0. The van der Waals surface area contributed by atoms with E-state index in [0.717, 1.165) is 31.3 Å². The van der Waals surface area contributed by atoms with E-state index in [4.69, 9.17) is 0 Å². The van der Waals surface area contributed by atoms with Crippen molar-refractivity contribution in [2.75, 3.05) is 0 Å². The van der Waals surface area contributed by atoms with Gasteiger partial charge in [-0.3, -0.25) is 0 Å².